The minimum absolute atomic E-state index is 0.498. The molecular formula is C27H32N6O2S. The maximum Gasteiger partial charge on any atom is 0.175 e. The molecule has 8 nitrogen and oxygen atoms in total. The van der Waals surface area contributed by atoms with Gasteiger partial charge in [0.25, 0.3) is 0 Å². The normalized spacial score (nSPS) is 10.8. The summed E-state index contributed by atoms with van der Waals surface area (Å²) >= 11 is 5.67. The third-order valence-electron chi connectivity index (χ3n) is 6.20. The number of aromatic nitrogens is 4. The average molecular weight is 505 g/mol. The summed E-state index contributed by atoms with van der Waals surface area (Å²) in [6.07, 6.45) is 0. The van der Waals surface area contributed by atoms with E-state index < -0.39 is 0 Å². The third-order valence-corrected chi connectivity index (χ3v) is 6.40. The van der Waals surface area contributed by atoms with Gasteiger partial charge in [-0.3, -0.25) is 9.36 Å². The highest BCUT2D eigenvalue weighted by Gasteiger charge is 2.17. The molecule has 2 aromatic heterocycles. The number of ether oxygens (including phenoxy) is 2. The Bertz CT molecular complexity index is 1380. The van der Waals surface area contributed by atoms with Crippen molar-refractivity contribution in [3.63, 3.8) is 0 Å². The molecule has 4 aromatic rings. The largest absolute Gasteiger partial charge is 0.493 e. The summed E-state index contributed by atoms with van der Waals surface area (Å²) in [6, 6.07) is 16.2. The summed E-state index contributed by atoms with van der Waals surface area (Å²) in [5, 5.41) is 16.6. The van der Waals surface area contributed by atoms with Crippen molar-refractivity contribution in [2.24, 2.45) is 0 Å². The second kappa shape index (κ2) is 10.8. The van der Waals surface area contributed by atoms with Crippen LogP contribution < -0.4 is 20.1 Å². The summed E-state index contributed by atoms with van der Waals surface area (Å²) in [5.41, 5.74) is 7.83. The van der Waals surface area contributed by atoms with E-state index in [1.165, 1.54) is 5.56 Å². The van der Waals surface area contributed by atoms with Gasteiger partial charge in [-0.05, 0) is 63.2 Å². The number of methoxy groups -OCH3 is 2. The highest BCUT2D eigenvalue weighted by atomic mass is 32.1. The minimum Gasteiger partial charge on any atom is -0.493 e. The average Bonchev–Trinajstić information content (AvgIpc) is 3.28. The fraction of sp³-hybridized carbons (Fsp3) is 0.296. The predicted molar refractivity (Wildman–Crippen MR) is 147 cm³/mol. The number of hydrogen-bond donors (Lipinski definition) is 2. The Morgan fingerprint density at radius 2 is 1.28 bits per heavy atom. The van der Waals surface area contributed by atoms with E-state index in [0.29, 0.717) is 29.7 Å². The minimum atomic E-state index is 0.498. The Labute approximate surface area is 217 Å². The van der Waals surface area contributed by atoms with E-state index in [0.717, 1.165) is 39.7 Å². The molecular weight excluding hydrogens is 472 g/mol. The molecule has 0 aliphatic carbocycles. The Balaban J connectivity index is 1.47. The second-order valence-corrected chi connectivity index (χ2v) is 9.07. The number of hydrogen-bond acceptors (Lipinski definition) is 5. The molecule has 0 unspecified atom stereocenters. The number of benzene rings is 2. The molecule has 36 heavy (non-hydrogen) atoms. The molecule has 188 valence electrons. The zero-order valence-electron chi connectivity index (χ0n) is 21.5. The molecule has 0 fully saturated rings. The van der Waals surface area contributed by atoms with Crippen LogP contribution >= 0.6 is 12.2 Å². The first-order chi connectivity index (χ1) is 17.3. The van der Waals surface area contributed by atoms with Crippen molar-refractivity contribution in [3.8, 4) is 11.5 Å². The van der Waals surface area contributed by atoms with Gasteiger partial charge in [-0.2, -0.15) is 10.2 Å². The lowest BCUT2D eigenvalue weighted by atomic mass is 10.2. The number of rotatable bonds is 8. The first-order valence-electron chi connectivity index (χ1n) is 11.7. The van der Waals surface area contributed by atoms with Crippen LogP contribution in [-0.2, 0) is 13.1 Å². The predicted octanol–water partition coefficient (Wildman–Crippen LogP) is 5.24. The van der Waals surface area contributed by atoms with Crippen LogP contribution in [0.4, 0.5) is 11.4 Å². The van der Waals surface area contributed by atoms with Gasteiger partial charge in [0.05, 0.1) is 61.5 Å². The van der Waals surface area contributed by atoms with Crippen molar-refractivity contribution in [1.29, 1.82) is 0 Å². The van der Waals surface area contributed by atoms with E-state index in [1.807, 2.05) is 73.5 Å². The smallest absolute Gasteiger partial charge is 0.175 e. The number of aryl methyl sites for hydroxylation is 2. The lowest BCUT2D eigenvalue weighted by molar-refractivity contribution is 0.354. The molecule has 0 aliphatic rings. The van der Waals surface area contributed by atoms with Crippen molar-refractivity contribution in [2.45, 2.75) is 40.8 Å². The van der Waals surface area contributed by atoms with Crippen LogP contribution in [-0.4, -0.2) is 38.9 Å². The monoisotopic (exact) mass is 504 g/mol. The van der Waals surface area contributed by atoms with Gasteiger partial charge in [0.2, 0.25) is 0 Å². The van der Waals surface area contributed by atoms with Crippen LogP contribution in [0, 0.1) is 27.7 Å². The Kier molecular flexibility index (Phi) is 7.59. The van der Waals surface area contributed by atoms with Crippen LogP contribution in [0.3, 0.4) is 0 Å². The number of nitrogens with zero attached hydrogens (tertiary/aromatic N) is 4. The van der Waals surface area contributed by atoms with Gasteiger partial charge in [-0.25, -0.2) is 0 Å². The zero-order chi connectivity index (χ0) is 25.8. The molecule has 0 saturated heterocycles. The van der Waals surface area contributed by atoms with E-state index in [9.17, 15) is 0 Å². The fourth-order valence-electron chi connectivity index (χ4n) is 4.23. The summed E-state index contributed by atoms with van der Waals surface area (Å²) in [7, 11) is 3.26. The van der Waals surface area contributed by atoms with Gasteiger partial charge >= 0.3 is 0 Å². The SMILES string of the molecule is COc1ccc(Cn2nc(C)c(NC(=S)Nc3c(C)nn(Cc4ccccc4)c3C)c2C)cc1OC. The summed E-state index contributed by atoms with van der Waals surface area (Å²) in [4.78, 5) is 0. The zero-order valence-corrected chi connectivity index (χ0v) is 22.4. The molecule has 0 amide bonds. The van der Waals surface area contributed by atoms with Crippen LogP contribution in [0.15, 0.2) is 48.5 Å². The summed E-state index contributed by atoms with van der Waals surface area (Å²) in [5.74, 6) is 1.39. The Morgan fingerprint density at radius 3 is 1.81 bits per heavy atom. The molecule has 0 spiro atoms. The molecule has 2 aromatic carbocycles. The molecule has 0 atom stereocenters. The van der Waals surface area contributed by atoms with E-state index in [4.69, 9.17) is 31.9 Å². The first-order valence-corrected chi connectivity index (χ1v) is 12.1. The lowest BCUT2D eigenvalue weighted by Gasteiger charge is -2.13. The van der Waals surface area contributed by atoms with Crippen molar-refractivity contribution in [2.75, 3.05) is 24.9 Å². The molecule has 2 N–H and O–H groups in total. The van der Waals surface area contributed by atoms with Gasteiger partial charge in [-0.15, -0.1) is 0 Å². The van der Waals surface area contributed by atoms with Crippen molar-refractivity contribution >= 4 is 28.7 Å². The third kappa shape index (κ3) is 5.36. The second-order valence-electron chi connectivity index (χ2n) is 8.66. The molecule has 9 heteroatoms. The van der Waals surface area contributed by atoms with Gasteiger partial charge in [0.15, 0.2) is 16.6 Å². The van der Waals surface area contributed by atoms with Crippen molar-refractivity contribution in [1.82, 2.24) is 19.6 Å². The fourth-order valence-corrected chi connectivity index (χ4v) is 4.43. The van der Waals surface area contributed by atoms with E-state index in [-0.39, 0.29) is 0 Å². The van der Waals surface area contributed by atoms with E-state index in [1.54, 1.807) is 14.2 Å². The van der Waals surface area contributed by atoms with E-state index >= 15 is 0 Å². The number of nitrogens with one attached hydrogen (secondary N) is 2. The van der Waals surface area contributed by atoms with Gasteiger partial charge in [0, 0.05) is 0 Å². The van der Waals surface area contributed by atoms with Gasteiger partial charge in [0.1, 0.15) is 0 Å². The maximum absolute atomic E-state index is 5.67. The Morgan fingerprint density at radius 1 is 0.750 bits per heavy atom. The molecule has 4 rings (SSSR count). The lowest BCUT2D eigenvalue weighted by Crippen LogP contribution is -2.21. The Hall–Kier alpha value is -3.85. The molecule has 0 radical (unpaired) electrons. The topological polar surface area (TPSA) is 78.2 Å². The van der Waals surface area contributed by atoms with Gasteiger partial charge in [-0.1, -0.05) is 36.4 Å². The highest BCUT2D eigenvalue weighted by Crippen LogP contribution is 2.29. The maximum atomic E-state index is 5.67. The number of thiocarbonyl (C=S) groups is 1. The molecule has 2 heterocycles. The summed E-state index contributed by atoms with van der Waals surface area (Å²) < 4.78 is 14.7. The molecule has 0 bridgehead atoms. The van der Waals surface area contributed by atoms with Crippen molar-refractivity contribution < 1.29 is 9.47 Å². The van der Waals surface area contributed by atoms with Crippen LogP contribution in [0.5, 0.6) is 11.5 Å². The molecule has 0 aliphatic heterocycles. The number of anilines is 2. The van der Waals surface area contributed by atoms with Crippen LogP contribution in [0.25, 0.3) is 0 Å². The highest BCUT2D eigenvalue weighted by molar-refractivity contribution is 7.80. The van der Waals surface area contributed by atoms with E-state index in [2.05, 4.69) is 22.8 Å². The van der Waals surface area contributed by atoms with Crippen LogP contribution in [0.1, 0.15) is 33.9 Å². The quantitative estimate of drug-likeness (QED) is 0.318. The van der Waals surface area contributed by atoms with Gasteiger partial charge < -0.3 is 20.1 Å². The standard InChI is InChI=1S/C27H32N6O2S/c1-17-25(19(3)32(30-17)15-21-10-8-7-9-11-21)28-27(36)29-26-18(2)31-33(20(26)4)16-22-12-13-23(34-5)24(14-22)35-6/h7-14H,15-16H2,1-6H3,(H2,28,29,36). The first kappa shape index (κ1) is 25.2. The van der Waals surface area contributed by atoms with Crippen molar-refractivity contribution in [3.05, 3.63) is 82.4 Å². The molecule has 0 saturated carbocycles. The van der Waals surface area contributed by atoms with Crippen LogP contribution in [0.2, 0.25) is 0 Å². The summed E-state index contributed by atoms with van der Waals surface area (Å²) in [6.45, 7) is 9.33.